The molecule has 0 radical (unpaired) electrons. The van der Waals surface area contributed by atoms with Crippen LogP contribution in [0.15, 0.2) is 29.3 Å². The lowest BCUT2D eigenvalue weighted by Crippen LogP contribution is -2.39. The van der Waals surface area contributed by atoms with Crippen LogP contribution in [0.4, 0.5) is 5.69 Å². The summed E-state index contributed by atoms with van der Waals surface area (Å²) in [5.41, 5.74) is 2.53. The topological polar surface area (TPSA) is 69.2 Å². The van der Waals surface area contributed by atoms with Gasteiger partial charge >= 0.3 is 0 Å². The molecule has 1 heterocycles. The van der Waals surface area contributed by atoms with Gasteiger partial charge in [-0.15, -0.1) is 24.0 Å². The second-order valence-electron chi connectivity index (χ2n) is 7.08. The highest BCUT2D eigenvalue weighted by Gasteiger charge is 2.12. The Balaban J connectivity index is 0.00000420. The van der Waals surface area contributed by atoms with E-state index in [4.69, 9.17) is 4.74 Å². The lowest BCUT2D eigenvalue weighted by molar-refractivity contribution is -0.119. The summed E-state index contributed by atoms with van der Waals surface area (Å²) in [6, 6.07) is 8.78. The van der Waals surface area contributed by atoms with E-state index in [-0.39, 0.29) is 36.4 Å². The van der Waals surface area contributed by atoms with Crippen LogP contribution in [-0.4, -0.2) is 70.3 Å². The number of anilines is 1. The molecule has 1 aromatic rings. The summed E-state index contributed by atoms with van der Waals surface area (Å²) in [5.74, 6) is 0.622. The largest absolute Gasteiger partial charge is 0.383 e. The number of hydrogen-bond acceptors (Lipinski definition) is 4. The molecular formula is C21H36IN5O2. The molecule has 0 spiro atoms. The zero-order valence-electron chi connectivity index (χ0n) is 17.9. The first kappa shape index (κ1) is 25.5. The Bertz CT molecular complexity index is 618. The standard InChI is InChI=1S/C21H35N5O2.HI/c1-4-22-21(24-16-20(27)23-12-15-28-3)25(2)17-18-8-10-19(11-9-18)26-13-6-5-7-14-26;/h8-11H,4-7,12-17H2,1-3H3,(H,22,24)(H,23,27);1H. The van der Waals surface area contributed by atoms with Crippen molar-refractivity contribution in [1.29, 1.82) is 0 Å². The van der Waals surface area contributed by atoms with E-state index in [0.29, 0.717) is 13.2 Å². The van der Waals surface area contributed by atoms with Crippen molar-refractivity contribution in [2.45, 2.75) is 32.7 Å². The number of halogens is 1. The second kappa shape index (κ2) is 14.4. The third-order valence-corrected chi connectivity index (χ3v) is 4.77. The summed E-state index contributed by atoms with van der Waals surface area (Å²) < 4.78 is 4.93. The Morgan fingerprint density at radius 1 is 1.17 bits per heavy atom. The Morgan fingerprint density at radius 2 is 1.86 bits per heavy atom. The number of carbonyl (C=O) groups excluding carboxylic acids is 1. The zero-order chi connectivity index (χ0) is 20.2. The highest BCUT2D eigenvalue weighted by molar-refractivity contribution is 14.0. The predicted octanol–water partition coefficient (Wildman–Crippen LogP) is 2.45. The van der Waals surface area contributed by atoms with Crippen LogP contribution in [0.3, 0.4) is 0 Å². The number of methoxy groups -OCH3 is 1. The normalized spacial score (nSPS) is 14.2. The minimum absolute atomic E-state index is 0. The predicted molar refractivity (Wildman–Crippen MR) is 130 cm³/mol. The van der Waals surface area contributed by atoms with Crippen LogP contribution in [0, 0.1) is 0 Å². The van der Waals surface area contributed by atoms with E-state index in [0.717, 1.165) is 32.1 Å². The van der Waals surface area contributed by atoms with Crippen molar-refractivity contribution in [3.63, 3.8) is 0 Å². The Hall–Kier alpha value is -1.55. The summed E-state index contributed by atoms with van der Waals surface area (Å²) in [7, 11) is 3.60. The van der Waals surface area contributed by atoms with Gasteiger partial charge in [0.1, 0.15) is 6.54 Å². The Kier molecular flexibility index (Phi) is 12.7. The van der Waals surface area contributed by atoms with E-state index in [2.05, 4.69) is 44.8 Å². The van der Waals surface area contributed by atoms with E-state index in [9.17, 15) is 4.79 Å². The smallest absolute Gasteiger partial charge is 0.241 e. The van der Waals surface area contributed by atoms with E-state index in [1.807, 2.05) is 18.9 Å². The summed E-state index contributed by atoms with van der Waals surface area (Å²) in [4.78, 5) is 20.8. The number of carbonyl (C=O) groups is 1. The molecule has 164 valence electrons. The van der Waals surface area contributed by atoms with Crippen molar-refractivity contribution in [2.24, 2.45) is 4.99 Å². The van der Waals surface area contributed by atoms with Gasteiger partial charge in [0, 0.05) is 52.6 Å². The quantitative estimate of drug-likeness (QED) is 0.228. The molecule has 2 rings (SSSR count). The molecule has 29 heavy (non-hydrogen) atoms. The molecule has 0 unspecified atom stereocenters. The third-order valence-electron chi connectivity index (χ3n) is 4.77. The minimum atomic E-state index is -0.105. The molecule has 0 bridgehead atoms. The fourth-order valence-corrected chi connectivity index (χ4v) is 3.28. The highest BCUT2D eigenvalue weighted by Crippen LogP contribution is 2.20. The molecule has 2 N–H and O–H groups in total. The minimum Gasteiger partial charge on any atom is -0.383 e. The Labute approximate surface area is 192 Å². The summed E-state index contributed by atoms with van der Waals surface area (Å²) in [6.45, 7) is 6.93. The molecule has 0 saturated carbocycles. The van der Waals surface area contributed by atoms with Gasteiger partial charge in [0.25, 0.3) is 0 Å². The number of nitrogens with zero attached hydrogens (tertiary/aromatic N) is 3. The molecule has 1 aromatic carbocycles. The lowest BCUT2D eigenvalue weighted by Gasteiger charge is -2.29. The molecule has 8 heteroatoms. The molecular weight excluding hydrogens is 481 g/mol. The van der Waals surface area contributed by atoms with Crippen LogP contribution >= 0.6 is 24.0 Å². The summed E-state index contributed by atoms with van der Waals surface area (Å²) in [5, 5.41) is 6.04. The summed E-state index contributed by atoms with van der Waals surface area (Å²) >= 11 is 0. The van der Waals surface area contributed by atoms with E-state index >= 15 is 0 Å². The van der Waals surface area contributed by atoms with E-state index < -0.39 is 0 Å². The van der Waals surface area contributed by atoms with Gasteiger partial charge in [-0.25, -0.2) is 4.99 Å². The lowest BCUT2D eigenvalue weighted by atomic mass is 10.1. The van der Waals surface area contributed by atoms with Crippen LogP contribution in [0.2, 0.25) is 0 Å². The molecule has 0 atom stereocenters. The molecule has 0 aliphatic carbocycles. The maximum Gasteiger partial charge on any atom is 0.241 e. The molecule has 1 aliphatic heterocycles. The van der Waals surface area contributed by atoms with Crippen molar-refractivity contribution >= 4 is 41.5 Å². The van der Waals surface area contributed by atoms with Gasteiger partial charge < -0.3 is 25.2 Å². The van der Waals surface area contributed by atoms with Crippen LogP contribution in [-0.2, 0) is 16.1 Å². The van der Waals surface area contributed by atoms with E-state index in [1.165, 1.54) is 30.5 Å². The van der Waals surface area contributed by atoms with Crippen LogP contribution in [0.25, 0.3) is 0 Å². The number of guanidine groups is 1. The summed E-state index contributed by atoms with van der Waals surface area (Å²) in [6.07, 6.45) is 3.91. The van der Waals surface area contributed by atoms with Crippen LogP contribution in [0.1, 0.15) is 31.7 Å². The number of aliphatic imine (C=N–C) groups is 1. The van der Waals surface area contributed by atoms with Gasteiger partial charge in [-0.3, -0.25) is 4.79 Å². The molecule has 0 aromatic heterocycles. The van der Waals surface area contributed by atoms with Gasteiger partial charge in [-0.05, 0) is 43.9 Å². The first-order chi connectivity index (χ1) is 13.6. The second-order valence-corrected chi connectivity index (χ2v) is 7.08. The van der Waals surface area contributed by atoms with E-state index in [1.54, 1.807) is 7.11 Å². The molecule has 1 aliphatic rings. The number of hydrogen-bond donors (Lipinski definition) is 2. The molecule has 1 fully saturated rings. The fraction of sp³-hybridized carbons (Fsp3) is 0.619. The van der Waals surface area contributed by atoms with Gasteiger partial charge in [0.05, 0.1) is 6.61 Å². The number of rotatable bonds is 9. The maximum atomic E-state index is 11.9. The number of benzene rings is 1. The van der Waals surface area contributed by atoms with Crippen molar-refractivity contribution in [3.8, 4) is 0 Å². The third kappa shape index (κ3) is 9.20. The number of nitrogens with one attached hydrogen (secondary N) is 2. The van der Waals surface area contributed by atoms with Gasteiger partial charge in [-0.2, -0.15) is 0 Å². The average Bonchev–Trinajstić information content (AvgIpc) is 2.72. The zero-order valence-corrected chi connectivity index (χ0v) is 20.3. The van der Waals surface area contributed by atoms with Gasteiger partial charge in [0.15, 0.2) is 5.96 Å². The van der Waals surface area contributed by atoms with Crippen molar-refractivity contribution in [1.82, 2.24) is 15.5 Å². The Morgan fingerprint density at radius 3 is 2.48 bits per heavy atom. The number of amides is 1. The molecule has 1 amide bonds. The van der Waals surface area contributed by atoms with Crippen molar-refractivity contribution in [3.05, 3.63) is 29.8 Å². The first-order valence-electron chi connectivity index (χ1n) is 10.2. The maximum absolute atomic E-state index is 11.9. The first-order valence-corrected chi connectivity index (χ1v) is 10.2. The van der Waals surface area contributed by atoms with Crippen molar-refractivity contribution < 1.29 is 9.53 Å². The molecule has 1 saturated heterocycles. The van der Waals surface area contributed by atoms with Crippen molar-refractivity contribution in [2.75, 3.05) is 58.4 Å². The molecule has 7 nitrogen and oxygen atoms in total. The van der Waals surface area contributed by atoms with Crippen LogP contribution < -0.4 is 15.5 Å². The fourth-order valence-electron chi connectivity index (χ4n) is 3.28. The average molecular weight is 517 g/mol. The monoisotopic (exact) mass is 517 g/mol. The van der Waals surface area contributed by atoms with Gasteiger partial charge in [0.2, 0.25) is 5.91 Å². The SMILES string of the molecule is CCNC(=NCC(=O)NCCOC)N(C)Cc1ccc(N2CCCCC2)cc1.I. The van der Waals surface area contributed by atoms with Gasteiger partial charge in [-0.1, -0.05) is 12.1 Å². The van der Waals surface area contributed by atoms with Crippen LogP contribution in [0.5, 0.6) is 0 Å². The number of piperidine rings is 1. The number of ether oxygens (including phenoxy) is 1. The highest BCUT2D eigenvalue weighted by atomic mass is 127.